The first-order chi connectivity index (χ1) is 10.0. The fraction of sp³-hybridized carbons (Fsp3) is 0.571. The molecule has 2 N–H and O–H groups in total. The van der Waals surface area contributed by atoms with E-state index in [1.165, 1.54) is 0 Å². The second kappa shape index (κ2) is 5.85. The van der Waals surface area contributed by atoms with Crippen molar-refractivity contribution in [1.82, 2.24) is 9.21 Å². The van der Waals surface area contributed by atoms with Gasteiger partial charge in [-0.15, -0.1) is 0 Å². The highest BCUT2D eigenvalue weighted by atomic mass is 35.5. The van der Waals surface area contributed by atoms with Crippen molar-refractivity contribution in [3.8, 4) is 0 Å². The first-order valence-corrected chi connectivity index (χ1v) is 9.07. The van der Waals surface area contributed by atoms with Gasteiger partial charge in [0.1, 0.15) is 4.90 Å². The summed E-state index contributed by atoms with van der Waals surface area (Å²) < 4.78 is 27.3. The van der Waals surface area contributed by atoms with Gasteiger partial charge in [0.05, 0.1) is 5.02 Å². The Bertz CT molecular complexity index is 635. The predicted octanol–water partition coefficient (Wildman–Crippen LogP) is 1.27. The lowest BCUT2D eigenvalue weighted by Crippen LogP contribution is -2.51. The van der Waals surface area contributed by atoms with Gasteiger partial charge in [0.2, 0.25) is 10.0 Å². The molecule has 0 amide bonds. The largest absolute Gasteiger partial charge is 0.326 e. The summed E-state index contributed by atoms with van der Waals surface area (Å²) in [7, 11) is -3.54. The van der Waals surface area contributed by atoms with Crippen molar-refractivity contribution in [1.29, 1.82) is 0 Å². The van der Waals surface area contributed by atoms with Crippen LogP contribution in [0, 0.1) is 0 Å². The van der Waals surface area contributed by atoms with Gasteiger partial charge in [-0.05, 0) is 37.1 Å². The zero-order valence-electron chi connectivity index (χ0n) is 11.8. The Morgan fingerprint density at radius 3 is 2.86 bits per heavy atom. The van der Waals surface area contributed by atoms with E-state index < -0.39 is 10.0 Å². The topological polar surface area (TPSA) is 66.6 Å². The van der Waals surface area contributed by atoms with Crippen LogP contribution in [0.5, 0.6) is 0 Å². The lowest BCUT2D eigenvalue weighted by molar-refractivity contribution is 0.158. The van der Waals surface area contributed by atoms with E-state index in [9.17, 15) is 8.42 Å². The van der Waals surface area contributed by atoms with Crippen molar-refractivity contribution in [3.63, 3.8) is 0 Å². The van der Waals surface area contributed by atoms with Crippen LogP contribution in [0.25, 0.3) is 0 Å². The maximum Gasteiger partial charge on any atom is 0.244 e. The number of hydrogen-bond donors (Lipinski definition) is 1. The highest BCUT2D eigenvalue weighted by Crippen LogP contribution is 2.29. The maximum absolute atomic E-state index is 12.8. The number of benzene rings is 1. The Balaban J connectivity index is 1.90. The molecule has 0 radical (unpaired) electrons. The molecule has 116 valence electrons. The highest BCUT2D eigenvalue weighted by Gasteiger charge is 2.36. The quantitative estimate of drug-likeness (QED) is 0.907. The summed E-state index contributed by atoms with van der Waals surface area (Å²) in [4.78, 5) is 2.56. The van der Waals surface area contributed by atoms with Crippen LogP contribution in [-0.2, 0) is 16.6 Å². The lowest BCUT2D eigenvalue weighted by atomic mass is 10.2. The molecule has 0 bridgehead atoms. The van der Waals surface area contributed by atoms with E-state index >= 15 is 0 Å². The van der Waals surface area contributed by atoms with Crippen molar-refractivity contribution >= 4 is 21.6 Å². The summed E-state index contributed by atoms with van der Waals surface area (Å²) in [5.74, 6) is 0. The SMILES string of the molecule is NCc1ccc(Cl)c(S(=O)(=O)N2CCN3CCCC3C2)c1. The highest BCUT2D eigenvalue weighted by molar-refractivity contribution is 7.89. The normalized spacial score (nSPS) is 24.2. The molecule has 0 aromatic heterocycles. The second-order valence-corrected chi connectivity index (χ2v) is 7.98. The molecular weight excluding hydrogens is 310 g/mol. The van der Waals surface area contributed by atoms with Crippen LogP contribution in [0.15, 0.2) is 23.1 Å². The molecule has 1 unspecified atom stereocenters. The van der Waals surface area contributed by atoms with E-state index in [2.05, 4.69) is 4.90 Å². The first kappa shape index (κ1) is 15.2. The molecule has 0 spiro atoms. The molecule has 1 aromatic carbocycles. The van der Waals surface area contributed by atoms with E-state index in [0.29, 0.717) is 25.7 Å². The average Bonchev–Trinajstić information content (AvgIpc) is 2.95. The number of halogens is 1. The summed E-state index contributed by atoms with van der Waals surface area (Å²) in [5.41, 5.74) is 6.38. The minimum absolute atomic E-state index is 0.179. The molecule has 1 aromatic rings. The Labute approximate surface area is 130 Å². The third-order valence-electron chi connectivity index (χ3n) is 4.40. The molecule has 5 nitrogen and oxygen atoms in total. The van der Waals surface area contributed by atoms with Gasteiger partial charge < -0.3 is 5.73 Å². The molecular formula is C14H20ClN3O2S. The number of hydrogen-bond acceptors (Lipinski definition) is 4. The molecule has 3 rings (SSSR count). The van der Waals surface area contributed by atoms with Crippen molar-refractivity contribution in [2.24, 2.45) is 5.73 Å². The van der Waals surface area contributed by atoms with Crippen LogP contribution >= 0.6 is 11.6 Å². The number of nitrogens with two attached hydrogens (primary N) is 1. The molecule has 2 heterocycles. The van der Waals surface area contributed by atoms with Gasteiger partial charge in [0, 0.05) is 32.2 Å². The Kier molecular flexibility index (Phi) is 4.25. The number of fused-ring (bicyclic) bond motifs is 1. The van der Waals surface area contributed by atoms with E-state index in [4.69, 9.17) is 17.3 Å². The molecule has 2 saturated heterocycles. The van der Waals surface area contributed by atoms with Gasteiger partial charge in [-0.3, -0.25) is 4.90 Å². The summed E-state index contributed by atoms with van der Waals surface area (Å²) in [5, 5.41) is 0.265. The van der Waals surface area contributed by atoms with Crippen LogP contribution in [-0.4, -0.2) is 49.8 Å². The van der Waals surface area contributed by atoms with Gasteiger partial charge in [-0.1, -0.05) is 17.7 Å². The molecule has 2 fully saturated rings. The summed E-state index contributed by atoms with van der Waals surface area (Å²) in [6, 6.07) is 5.32. The zero-order chi connectivity index (χ0) is 15.0. The van der Waals surface area contributed by atoms with E-state index in [-0.39, 0.29) is 9.92 Å². The van der Waals surface area contributed by atoms with Gasteiger partial charge in [0.15, 0.2) is 0 Å². The summed E-state index contributed by atoms with van der Waals surface area (Å²) in [6.07, 6.45) is 2.23. The van der Waals surface area contributed by atoms with Crippen LogP contribution in [0.3, 0.4) is 0 Å². The monoisotopic (exact) mass is 329 g/mol. The lowest BCUT2D eigenvalue weighted by Gasteiger charge is -2.36. The van der Waals surface area contributed by atoms with E-state index in [1.54, 1.807) is 22.5 Å². The summed E-state index contributed by atoms with van der Waals surface area (Å²) in [6.45, 7) is 3.28. The van der Waals surface area contributed by atoms with Gasteiger partial charge >= 0.3 is 0 Å². The Morgan fingerprint density at radius 2 is 2.10 bits per heavy atom. The molecule has 0 aliphatic carbocycles. The van der Waals surface area contributed by atoms with Crippen molar-refractivity contribution < 1.29 is 8.42 Å². The van der Waals surface area contributed by atoms with E-state index in [0.717, 1.165) is 31.5 Å². The van der Waals surface area contributed by atoms with Gasteiger partial charge in [-0.25, -0.2) is 8.42 Å². The van der Waals surface area contributed by atoms with Crippen LogP contribution < -0.4 is 5.73 Å². The molecule has 7 heteroatoms. The Hall–Kier alpha value is -0.660. The maximum atomic E-state index is 12.8. The third kappa shape index (κ3) is 2.83. The van der Waals surface area contributed by atoms with Crippen LogP contribution in [0.1, 0.15) is 18.4 Å². The third-order valence-corrected chi connectivity index (χ3v) is 6.75. The number of sulfonamides is 1. The first-order valence-electron chi connectivity index (χ1n) is 7.25. The molecule has 0 saturated carbocycles. The van der Waals surface area contributed by atoms with Gasteiger partial charge in [0.25, 0.3) is 0 Å². The minimum Gasteiger partial charge on any atom is -0.326 e. The number of nitrogens with zero attached hydrogens (tertiary/aromatic N) is 2. The van der Waals surface area contributed by atoms with E-state index in [1.807, 2.05) is 0 Å². The molecule has 21 heavy (non-hydrogen) atoms. The average molecular weight is 330 g/mol. The van der Waals surface area contributed by atoms with Gasteiger partial charge in [-0.2, -0.15) is 4.31 Å². The van der Waals surface area contributed by atoms with Crippen molar-refractivity contribution in [2.75, 3.05) is 26.2 Å². The van der Waals surface area contributed by atoms with Crippen LogP contribution in [0.2, 0.25) is 5.02 Å². The predicted molar refractivity (Wildman–Crippen MR) is 82.7 cm³/mol. The molecule has 2 aliphatic rings. The number of rotatable bonds is 3. The van der Waals surface area contributed by atoms with Crippen molar-refractivity contribution in [2.45, 2.75) is 30.3 Å². The smallest absolute Gasteiger partial charge is 0.244 e. The van der Waals surface area contributed by atoms with Crippen LogP contribution in [0.4, 0.5) is 0 Å². The fourth-order valence-electron chi connectivity index (χ4n) is 3.19. The zero-order valence-corrected chi connectivity index (χ0v) is 13.4. The van der Waals surface area contributed by atoms with Crippen molar-refractivity contribution in [3.05, 3.63) is 28.8 Å². The summed E-state index contributed by atoms with van der Waals surface area (Å²) >= 11 is 6.11. The second-order valence-electron chi connectivity index (χ2n) is 5.66. The fourth-order valence-corrected chi connectivity index (χ4v) is 5.19. The number of piperazine rings is 1. The Morgan fingerprint density at radius 1 is 1.29 bits per heavy atom. The minimum atomic E-state index is -3.54. The standard InChI is InChI=1S/C14H20ClN3O2S/c15-13-4-3-11(9-16)8-14(13)21(19,20)18-7-6-17-5-1-2-12(17)10-18/h3-4,8,12H,1-2,5-7,9-10,16H2. The molecule has 1 atom stereocenters. The molecule has 2 aliphatic heterocycles.